The zero-order chi connectivity index (χ0) is 15.0. The molecule has 2 aromatic carbocycles. The van der Waals surface area contributed by atoms with E-state index in [9.17, 15) is 18.3 Å². The summed E-state index contributed by atoms with van der Waals surface area (Å²) < 4.78 is 39.1. The fourth-order valence-electron chi connectivity index (χ4n) is 2.19. The lowest BCUT2D eigenvalue weighted by Gasteiger charge is -2.27. The first-order valence-corrected chi connectivity index (χ1v) is 6.19. The van der Waals surface area contributed by atoms with Crippen molar-refractivity contribution < 1.29 is 18.3 Å². The van der Waals surface area contributed by atoms with Crippen molar-refractivity contribution >= 4 is 0 Å². The summed E-state index contributed by atoms with van der Waals surface area (Å²) in [6.45, 7) is 3.25. The number of benzene rings is 2. The summed E-state index contributed by atoms with van der Waals surface area (Å²) in [6.07, 6.45) is -4.49. The van der Waals surface area contributed by atoms with E-state index < -0.39 is 17.3 Å². The maximum atomic E-state index is 13.0. The van der Waals surface area contributed by atoms with Gasteiger partial charge >= 0.3 is 6.18 Å². The molecule has 2 rings (SSSR count). The van der Waals surface area contributed by atoms with Crippen LogP contribution < -0.4 is 0 Å². The van der Waals surface area contributed by atoms with E-state index in [1.807, 2.05) is 6.92 Å². The van der Waals surface area contributed by atoms with Gasteiger partial charge in [0.1, 0.15) is 5.60 Å². The topological polar surface area (TPSA) is 20.2 Å². The second-order valence-corrected chi connectivity index (χ2v) is 4.98. The van der Waals surface area contributed by atoms with Gasteiger partial charge in [0.05, 0.1) is 5.56 Å². The molecule has 0 radical (unpaired) electrons. The van der Waals surface area contributed by atoms with E-state index in [1.54, 1.807) is 24.3 Å². The molecule has 1 N–H and O–H groups in total. The maximum absolute atomic E-state index is 13.0. The summed E-state index contributed by atoms with van der Waals surface area (Å²) in [7, 11) is 0. The SMILES string of the molecule is Cc1ccc(C(C)(O)c2ccccc2C(F)(F)F)cc1. The summed E-state index contributed by atoms with van der Waals surface area (Å²) in [5.41, 5.74) is -1.24. The smallest absolute Gasteiger partial charge is 0.381 e. The average molecular weight is 280 g/mol. The molecule has 1 nitrogen and oxygen atoms in total. The van der Waals surface area contributed by atoms with Gasteiger partial charge in [-0.05, 0) is 31.0 Å². The molecule has 1 unspecified atom stereocenters. The van der Waals surface area contributed by atoms with E-state index in [4.69, 9.17) is 0 Å². The molecule has 0 heterocycles. The maximum Gasteiger partial charge on any atom is 0.416 e. The van der Waals surface area contributed by atoms with Gasteiger partial charge in [0.25, 0.3) is 0 Å². The quantitative estimate of drug-likeness (QED) is 0.871. The highest BCUT2D eigenvalue weighted by molar-refractivity contribution is 5.42. The number of aryl methyl sites for hydroxylation is 1. The van der Waals surface area contributed by atoms with Crippen LogP contribution in [0.1, 0.15) is 29.2 Å². The Kier molecular flexibility index (Phi) is 3.61. The number of rotatable bonds is 2. The summed E-state index contributed by atoms with van der Waals surface area (Å²) >= 11 is 0. The lowest BCUT2D eigenvalue weighted by Crippen LogP contribution is -2.26. The molecule has 0 aliphatic rings. The van der Waals surface area contributed by atoms with Crippen molar-refractivity contribution in [3.8, 4) is 0 Å². The van der Waals surface area contributed by atoms with E-state index in [0.717, 1.165) is 11.6 Å². The van der Waals surface area contributed by atoms with Crippen molar-refractivity contribution in [2.45, 2.75) is 25.6 Å². The predicted molar refractivity (Wildman–Crippen MR) is 71.3 cm³/mol. The van der Waals surface area contributed by atoms with Gasteiger partial charge < -0.3 is 5.11 Å². The molecule has 1 atom stereocenters. The highest BCUT2D eigenvalue weighted by atomic mass is 19.4. The van der Waals surface area contributed by atoms with Crippen molar-refractivity contribution in [2.75, 3.05) is 0 Å². The molecule has 0 spiro atoms. The van der Waals surface area contributed by atoms with Crippen LogP contribution in [0.5, 0.6) is 0 Å². The Hall–Kier alpha value is -1.81. The van der Waals surface area contributed by atoms with Crippen LogP contribution in [-0.2, 0) is 11.8 Å². The minimum absolute atomic E-state index is 0.142. The molecule has 0 fully saturated rings. The standard InChI is InChI=1S/C16H15F3O/c1-11-7-9-12(10-8-11)15(2,20)13-5-3-4-6-14(13)16(17,18)19/h3-10,20H,1-2H3. The molecular weight excluding hydrogens is 265 g/mol. The lowest BCUT2D eigenvalue weighted by atomic mass is 9.85. The number of hydrogen-bond donors (Lipinski definition) is 1. The van der Waals surface area contributed by atoms with Gasteiger partial charge in [0.15, 0.2) is 0 Å². The second kappa shape index (κ2) is 4.94. The Labute approximate surface area is 115 Å². The van der Waals surface area contributed by atoms with Gasteiger partial charge in [-0.25, -0.2) is 0 Å². The molecule has 2 aromatic rings. The van der Waals surface area contributed by atoms with Gasteiger partial charge in [0, 0.05) is 0 Å². The van der Waals surface area contributed by atoms with Gasteiger partial charge in [-0.2, -0.15) is 13.2 Å². The van der Waals surface area contributed by atoms with Gasteiger partial charge in [-0.15, -0.1) is 0 Å². The minimum Gasteiger partial charge on any atom is -0.381 e. The van der Waals surface area contributed by atoms with Crippen LogP contribution >= 0.6 is 0 Å². The third-order valence-corrected chi connectivity index (χ3v) is 3.37. The molecule has 20 heavy (non-hydrogen) atoms. The number of halogens is 3. The average Bonchev–Trinajstić information content (AvgIpc) is 2.38. The molecule has 4 heteroatoms. The molecule has 0 amide bonds. The van der Waals surface area contributed by atoms with Crippen LogP contribution in [0.2, 0.25) is 0 Å². The number of hydrogen-bond acceptors (Lipinski definition) is 1. The number of aliphatic hydroxyl groups is 1. The van der Waals surface area contributed by atoms with Crippen LogP contribution in [0.4, 0.5) is 13.2 Å². The fourth-order valence-corrected chi connectivity index (χ4v) is 2.19. The summed E-state index contributed by atoms with van der Waals surface area (Å²) in [5, 5.41) is 10.6. The van der Waals surface area contributed by atoms with Crippen LogP contribution in [-0.4, -0.2) is 5.11 Å². The van der Waals surface area contributed by atoms with E-state index in [-0.39, 0.29) is 5.56 Å². The van der Waals surface area contributed by atoms with Crippen molar-refractivity contribution in [1.82, 2.24) is 0 Å². The monoisotopic (exact) mass is 280 g/mol. The van der Waals surface area contributed by atoms with Crippen molar-refractivity contribution in [2.24, 2.45) is 0 Å². The van der Waals surface area contributed by atoms with E-state index in [2.05, 4.69) is 0 Å². The first kappa shape index (κ1) is 14.6. The zero-order valence-corrected chi connectivity index (χ0v) is 11.2. The van der Waals surface area contributed by atoms with Crippen molar-refractivity contribution in [3.63, 3.8) is 0 Å². The molecule has 0 saturated heterocycles. The molecule has 0 aromatic heterocycles. The molecule has 106 valence electrons. The Bertz CT molecular complexity index is 598. The summed E-state index contributed by atoms with van der Waals surface area (Å²) in [5.74, 6) is 0. The van der Waals surface area contributed by atoms with Gasteiger partial charge in [0.2, 0.25) is 0 Å². The van der Waals surface area contributed by atoms with E-state index in [1.165, 1.54) is 25.1 Å². The Balaban J connectivity index is 2.57. The Morgan fingerprint density at radius 3 is 1.85 bits per heavy atom. The Morgan fingerprint density at radius 2 is 1.35 bits per heavy atom. The minimum atomic E-state index is -4.49. The largest absolute Gasteiger partial charge is 0.416 e. The normalized spacial score (nSPS) is 14.9. The van der Waals surface area contributed by atoms with Crippen LogP contribution in [0.15, 0.2) is 48.5 Å². The lowest BCUT2D eigenvalue weighted by molar-refractivity contribution is -0.139. The molecular formula is C16H15F3O. The highest BCUT2D eigenvalue weighted by Gasteiger charge is 2.39. The van der Waals surface area contributed by atoms with Gasteiger partial charge in [-0.1, -0.05) is 48.0 Å². The van der Waals surface area contributed by atoms with E-state index in [0.29, 0.717) is 5.56 Å². The van der Waals surface area contributed by atoms with Crippen molar-refractivity contribution in [1.29, 1.82) is 0 Å². The van der Waals surface area contributed by atoms with Crippen LogP contribution in [0.25, 0.3) is 0 Å². The molecule has 0 aliphatic carbocycles. The van der Waals surface area contributed by atoms with E-state index >= 15 is 0 Å². The predicted octanol–water partition coefficient (Wildman–Crippen LogP) is 4.27. The highest BCUT2D eigenvalue weighted by Crippen LogP contribution is 2.39. The fraction of sp³-hybridized carbons (Fsp3) is 0.250. The van der Waals surface area contributed by atoms with Crippen LogP contribution in [0.3, 0.4) is 0 Å². The third-order valence-electron chi connectivity index (χ3n) is 3.37. The first-order valence-electron chi connectivity index (χ1n) is 6.19. The summed E-state index contributed by atoms with van der Waals surface area (Å²) in [4.78, 5) is 0. The Morgan fingerprint density at radius 1 is 0.850 bits per heavy atom. The van der Waals surface area contributed by atoms with Crippen molar-refractivity contribution in [3.05, 3.63) is 70.8 Å². The molecule has 0 bridgehead atoms. The molecule has 0 saturated carbocycles. The molecule has 0 aliphatic heterocycles. The zero-order valence-electron chi connectivity index (χ0n) is 11.2. The summed E-state index contributed by atoms with van der Waals surface area (Å²) in [6, 6.07) is 11.9. The second-order valence-electron chi connectivity index (χ2n) is 4.98. The first-order chi connectivity index (χ1) is 9.23. The third kappa shape index (κ3) is 2.70. The number of alkyl halides is 3. The van der Waals surface area contributed by atoms with Crippen LogP contribution in [0, 0.1) is 6.92 Å². The van der Waals surface area contributed by atoms with Gasteiger partial charge in [-0.3, -0.25) is 0 Å².